The number of sulfone groups is 1. The lowest BCUT2D eigenvalue weighted by atomic mass is 10.1. The highest BCUT2D eigenvalue weighted by molar-refractivity contribution is 7.90. The van der Waals surface area contributed by atoms with Crippen LogP contribution in [0.5, 0.6) is 0 Å². The van der Waals surface area contributed by atoms with Crippen LogP contribution in [0.1, 0.15) is 20.8 Å². The molecule has 1 N–H and O–H groups in total. The Kier molecular flexibility index (Phi) is 4.95. The van der Waals surface area contributed by atoms with Gasteiger partial charge in [-0.15, -0.1) is 0 Å². The lowest BCUT2D eigenvalue weighted by molar-refractivity contribution is -0.386. The van der Waals surface area contributed by atoms with E-state index >= 15 is 0 Å². The summed E-state index contributed by atoms with van der Waals surface area (Å²) in [6.45, 7) is 8.00. The zero-order valence-corrected chi connectivity index (χ0v) is 14.6. The van der Waals surface area contributed by atoms with Crippen LogP contribution in [0.25, 0.3) is 0 Å². The van der Waals surface area contributed by atoms with Crippen LogP contribution in [-0.2, 0) is 9.84 Å². The second-order valence-electron chi connectivity index (χ2n) is 6.46. The molecule has 128 valence electrons. The summed E-state index contributed by atoms with van der Waals surface area (Å²) in [5.74, 6) is 0.318. The van der Waals surface area contributed by atoms with Crippen molar-refractivity contribution in [2.24, 2.45) is 5.92 Å². The normalized spacial score (nSPS) is 22.5. The van der Waals surface area contributed by atoms with Gasteiger partial charge in [-0.2, -0.15) is 0 Å². The predicted molar refractivity (Wildman–Crippen MR) is 89.5 cm³/mol. The Morgan fingerprint density at radius 2 is 2.00 bits per heavy atom. The number of hydrogen-bond donors (Lipinski definition) is 1. The monoisotopic (exact) mass is 341 g/mol. The maximum atomic E-state index is 11.8. The Labute approximate surface area is 136 Å². The Bertz CT molecular complexity index is 703. The maximum Gasteiger partial charge on any atom is 0.310 e. The highest BCUT2D eigenvalue weighted by Gasteiger charge is 2.33. The van der Waals surface area contributed by atoms with Gasteiger partial charge in [0.05, 0.1) is 4.92 Å². The highest BCUT2D eigenvalue weighted by atomic mass is 32.2. The molecule has 1 aliphatic rings. The first-order chi connectivity index (χ1) is 10.6. The molecule has 23 heavy (non-hydrogen) atoms. The van der Waals surface area contributed by atoms with E-state index in [0.29, 0.717) is 12.0 Å². The standard InChI is InChI=1S/C15H23N3O4S/c1-10(2)17-8-11(3)13(9-17)16-12-6-5-7-14(23(4,21)22)15(12)18(19)20/h5-7,10-11,13,16H,8-9H2,1-4H3. The molecule has 2 rings (SSSR count). The highest BCUT2D eigenvalue weighted by Crippen LogP contribution is 2.34. The molecule has 1 saturated heterocycles. The third-order valence-electron chi connectivity index (χ3n) is 4.29. The molecule has 0 aromatic heterocycles. The molecular formula is C15H23N3O4S. The van der Waals surface area contributed by atoms with Crippen molar-refractivity contribution < 1.29 is 13.3 Å². The summed E-state index contributed by atoms with van der Waals surface area (Å²) in [7, 11) is -3.66. The third-order valence-corrected chi connectivity index (χ3v) is 5.42. The molecule has 0 amide bonds. The van der Waals surface area contributed by atoms with Crippen molar-refractivity contribution in [1.82, 2.24) is 4.90 Å². The van der Waals surface area contributed by atoms with Crippen molar-refractivity contribution in [3.8, 4) is 0 Å². The number of nitro benzene ring substituents is 1. The lowest BCUT2D eigenvalue weighted by Gasteiger charge is -2.21. The van der Waals surface area contributed by atoms with Gasteiger partial charge in [-0.1, -0.05) is 13.0 Å². The number of hydrogen-bond acceptors (Lipinski definition) is 6. The molecule has 2 unspecified atom stereocenters. The molecule has 0 saturated carbocycles. The zero-order valence-electron chi connectivity index (χ0n) is 13.8. The smallest absolute Gasteiger partial charge is 0.310 e. The maximum absolute atomic E-state index is 11.8. The van der Waals surface area contributed by atoms with Crippen molar-refractivity contribution in [2.75, 3.05) is 24.7 Å². The van der Waals surface area contributed by atoms with E-state index in [1.165, 1.54) is 12.1 Å². The number of para-hydroxylation sites is 1. The summed E-state index contributed by atoms with van der Waals surface area (Å²) in [6.07, 6.45) is 0.984. The van der Waals surface area contributed by atoms with E-state index in [0.717, 1.165) is 19.3 Å². The molecule has 1 heterocycles. The molecule has 7 nitrogen and oxygen atoms in total. The quantitative estimate of drug-likeness (QED) is 0.651. The minimum Gasteiger partial charge on any atom is -0.375 e. The fourth-order valence-corrected chi connectivity index (χ4v) is 3.80. The van der Waals surface area contributed by atoms with Crippen LogP contribution in [-0.4, -0.2) is 49.7 Å². The molecule has 1 aromatic carbocycles. The largest absolute Gasteiger partial charge is 0.375 e. The average Bonchev–Trinajstić information content (AvgIpc) is 2.79. The van der Waals surface area contributed by atoms with Gasteiger partial charge < -0.3 is 5.32 Å². The van der Waals surface area contributed by atoms with Gasteiger partial charge in [0.15, 0.2) is 9.84 Å². The van der Waals surface area contributed by atoms with Crippen molar-refractivity contribution >= 4 is 21.2 Å². The molecule has 0 aliphatic carbocycles. The fraction of sp³-hybridized carbons (Fsp3) is 0.600. The SMILES string of the molecule is CC1CN(C(C)C)CC1Nc1cccc(S(C)(=O)=O)c1[N+](=O)[O-]. The number of likely N-dealkylation sites (tertiary alicyclic amines) is 1. The van der Waals surface area contributed by atoms with E-state index in [1.54, 1.807) is 6.07 Å². The molecule has 0 spiro atoms. The number of nitro groups is 1. The van der Waals surface area contributed by atoms with Crippen LogP contribution in [0.15, 0.2) is 23.1 Å². The molecule has 2 atom stereocenters. The van der Waals surface area contributed by atoms with Gasteiger partial charge in [0.25, 0.3) is 0 Å². The Morgan fingerprint density at radius 1 is 1.35 bits per heavy atom. The molecule has 1 aliphatic heterocycles. The summed E-state index contributed by atoms with van der Waals surface area (Å²) in [6, 6.07) is 4.83. The molecule has 8 heteroatoms. The van der Waals surface area contributed by atoms with Gasteiger partial charge in [0, 0.05) is 31.4 Å². The van der Waals surface area contributed by atoms with Gasteiger partial charge >= 0.3 is 5.69 Å². The van der Waals surface area contributed by atoms with Crippen LogP contribution in [0.2, 0.25) is 0 Å². The second-order valence-corrected chi connectivity index (χ2v) is 8.44. The summed E-state index contributed by atoms with van der Waals surface area (Å²) in [5, 5.41) is 14.6. The topological polar surface area (TPSA) is 92.6 Å². The summed E-state index contributed by atoms with van der Waals surface area (Å²) < 4.78 is 23.6. The van der Waals surface area contributed by atoms with Gasteiger partial charge in [0.1, 0.15) is 10.6 Å². The van der Waals surface area contributed by atoms with Crippen molar-refractivity contribution in [3.63, 3.8) is 0 Å². The Balaban J connectivity index is 2.36. The number of anilines is 1. The fourth-order valence-electron chi connectivity index (χ4n) is 2.94. The van der Waals surface area contributed by atoms with E-state index in [9.17, 15) is 18.5 Å². The van der Waals surface area contributed by atoms with Crippen molar-refractivity contribution in [1.29, 1.82) is 0 Å². The van der Waals surface area contributed by atoms with E-state index in [2.05, 4.69) is 31.0 Å². The molecule has 1 fully saturated rings. The van der Waals surface area contributed by atoms with E-state index in [1.807, 2.05) is 0 Å². The van der Waals surface area contributed by atoms with Gasteiger partial charge in [0.2, 0.25) is 0 Å². The number of nitrogens with one attached hydrogen (secondary N) is 1. The number of nitrogens with zero attached hydrogens (tertiary/aromatic N) is 2. The average molecular weight is 341 g/mol. The minimum absolute atomic E-state index is 0.0471. The number of benzene rings is 1. The molecule has 1 aromatic rings. The van der Waals surface area contributed by atoms with Crippen molar-refractivity contribution in [3.05, 3.63) is 28.3 Å². The zero-order chi connectivity index (χ0) is 17.4. The first-order valence-corrected chi connectivity index (χ1v) is 9.48. The van der Waals surface area contributed by atoms with E-state index in [4.69, 9.17) is 0 Å². The van der Waals surface area contributed by atoms with Gasteiger partial charge in [-0.05, 0) is 31.9 Å². The van der Waals surface area contributed by atoms with Crippen LogP contribution in [0, 0.1) is 16.0 Å². The van der Waals surface area contributed by atoms with Crippen LogP contribution >= 0.6 is 0 Å². The van der Waals surface area contributed by atoms with Crippen molar-refractivity contribution in [2.45, 2.75) is 37.8 Å². The lowest BCUT2D eigenvalue weighted by Crippen LogP contribution is -2.31. The Morgan fingerprint density at radius 3 is 2.48 bits per heavy atom. The molecule has 0 radical (unpaired) electrons. The van der Waals surface area contributed by atoms with E-state index in [-0.39, 0.29) is 22.3 Å². The molecule has 0 bridgehead atoms. The summed E-state index contributed by atoms with van der Waals surface area (Å²) >= 11 is 0. The second kappa shape index (κ2) is 6.45. The minimum atomic E-state index is -3.66. The van der Waals surface area contributed by atoms with E-state index < -0.39 is 14.8 Å². The van der Waals surface area contributed by atoms with Crippen LogP contribution < -0.4 is 5.32 Å². The third kappa shape index (κ3) is 3.81. The molecular weight excluding hydrogens is 318 g/mol. The Hall–Kier alpha value is -1.67. The predicted octanol–water partition coefficient (Wildman–Crippen LogP) is 2.14. The van der Waals surface area contributed by atoms with Gasteiger partial charge in [-0.25, -0.2) is 8.42 Å². The number of rotatable bonds is 5. The first kappa shape index (κ1) is 17.7. The van der Waals surface area contributed by atoms with Crippen LogP contribution in [0.4, 0.5) is 11.4 Å². The summed E-state index contributed by atoms with van der Waals surface area (Å²) in [4.78, 5) is 12.8. The van der Waals surface area contributed by atoms with Crippen LogP contribution in [0.3, 0.4) is 0 Å². The summed E-state index contributed by atoms with van der Waals surface area (Å²) in [5.41, 5.74) is -0.106. The first-order valence-electron chi connectivity index (χ1n) is 7.59. The van der Waals surface area contributed by atoms with Gasteiger partial charge in [-0.3, -0.25) is 15.0 Å².